The van der Waals surface area contributed by atoms with Crippen molar-refractivity contribution in [2.75, 3.05) is 6.61 Å². The van der Waals surface area contributed by atoms with E-state index in [9.17, 15) is 5.11 Å². The predicted molar refractivity (Wildman–Crippen MR) is 51.9 cm³/mol. The summed E-state index contributed by atoms with van der Waals surface area (Å²) in [4.78, 5) is 0. The van der Waals surface area contributed by atoms with Gasteiger partial charge in [-0.2, -0.15) is 0 Å². The number of aliphatic hydroxyl groups excluding tert-OH is 1. The van der Waals surface area contributed by atoms with Crippen LogP contribution in [0.4, 0.5) is 0 Å². The molecule has 1 saturated carbocycles. The van der Waals surface area contributed by atoms with Crippen molar-refractivity contribution in [3.8, 4) is 0 Å². The Balaban J connectivity index is 2.76. The lowest BCUT2D eigenvalue weighted by molar-refractivity contribution is 0.224. The molecule has 1 N–H and O–H groups in total. The average Bonchev–Trinajstić information content (AvgIpc) is 2.46. The molecule has 3 atom stereocenters. The maximum absolute atomic E-state index is 9.22. The molecule has 1 aliphatic carbocycles. The van der Waals surface area contributed by atoms with Crippen LogP contribution in [-0.2, 0) is 0 Å². The van der Waals surface area contributed by atoms with E-state index >= 15 is 0 Å². The Morgan fingerprint density at radius 1 is 1.33 bits per heavy atom. The van der Waals surface area contributed by atoms with Crippen molar-refractivity contribution in [2.45, 2.75) is 41.0 Å². The first-order chi connectivity index (χ1) is 5.42. The molecule has 1 fully saturated rings. The molecule has 0 saturated heterocycles. The van der Waals surface area contributed by atoms with Gasteiger partial charge in [0.15, 0.2) is 0 Å². The summed E-state index contributed by atoms with van der Waals surface area (Å²) in [5.41, 5.74) is 0.716. The first-order valence-electron chi connectivity index (χ1n) is 5.03. The van der Waals surface area contributed by atoms with Crippen LogP contribution < -0.4 is 0 Å². The normalized spacial score (nSPS) is 41.0. The maximum atomic E-state index is 9.22. The summed E-state index contributed by atoms with van der Waals surface area (Å²) in [6.45, 7) is 11.8. The second-order valence-electron chi connectivity index (χ2n) is 5.05. The quantitative estimate of drug-likeness (QED) is 0.690. The molecule has 0 amide bonds. The molecule has 1 nitrogen and oxygen atoms in total. The predicted octanol–water partition coefficient (Wildman–Crippen LogP) is 2.69. The van der Waals surface area contributed by atoms with E-state index in [0.29, 0.717) is 23.4 Å². The molecule has 3 unspecified atom stereocenters. The van der Waals surface area contributed by atoms with Gasteiger partial charge in [0.2, 0.25) is 0 Å². The Bertz CT molecular complexity index is 174. The van der Waals surface area contributed by atoms with Crippen LogP contribution in [0.15, 0.2) is 0 Å². The van der Waals surface area contributed by atoms with Gasteiger partial charge in [-0.1, -0.05) is 41.0 Å². The molecule has 0 heterocycles. The van der Waals surface area contributed by atoms with Gasteiger partial charge in [0.1, 0.15) is 0 Å². The fourth-order valence-electron chi connectivity index (χ4n) is 2.96. The van der Waals surface area contributed by atoms with Gasteiger partial charge in [-0.15, -0.1) is 0 Å². The first-order valence-corrected chi connectivity index (χ1v) is 5.03. The summed E-state index contributed by atoms with van der Waals surface area (Å²) >= 11 is 0. The third kappa shape index (κ3) is 0.953. The summed E-state index contributed by atoms with van der Waals surface area (Å²) in [5.74, 6) is 1.24. The van der Waals surface area contributed by atoms with Crippen molar-refractivity contribution in [1.29, 1.82) is 0 Å². The molecular formula is C11H22O. The third-order valence-electron chi connectivity index (χ3n) is 4.72. The zero-order valence-electron chi connectivity index (χ0n) is 9.02. The van der Waals surface area contributed by atoms with Gasteiger partial charge in [-0.3, -0.25) is 0 Å². The third-order valence-corrected chi connectivity index (χ3v) is 4.72. The highest BCUT2D eigenvalue weighted by atomic mass is 16.3. The van der Waals surface area contributed by atoms with Crippen LogP contribution in [0.2, 0.25) is 0 Å². The first kappa shape index (κ1) is 10.0. The molecule has 0 aromatic carbocycles. The van der Waals surface area contributed by atoms with Gasteiger partial charge in [-0.05, 0) is 22.7 Å². The molecule has 0 spiro atoms. The van der Waals surface area contributed by atoms with Crippen molar-refractivity contribution in [1.82, 2.24) is 0 Å². The van der Waals surface area contributed by atoms with E-state index in [4.69, 9.17) is 0 Å². The maximum Gasteiger partial charge on any atom is 0.0470 e. The van der Waals surface area contributed by atoms with Crippen LogP contribution in [-0.4, -0.2) is 11.7 Å². The summed E-state index contributed by atoms with van der Waals surface area (Å²) in [5, 5.41) is 9.22. The minimum absolute atomic E-state index is 0.344. The highest BCUT2D eigenvalue weighted by molar-refractivity contribution is 5.16. The Kier molecular flexibility index (Phi) is 2.28. The highest BCUT2D eigenvalue weighted by Crippen LogP contribution is 2.72. The van der Waals surface area contributed by atoms with E-state index in [0.717, 1.165) is 5.92 Å². The molecule has 1 rings (SSSR count). The van der Waals surface area contributed by atoms with E-state index in [2.05, 4.69) is 34.6 Å². The lowest BCUT2D eigenvalue weighted by Gasteiger charge is -2.21. The molecular weight excluding hydrogens is 148 g/mol. The summed E-state index contributed by atoms with van der Waals surface area (Å²) in [6.07, 6.45) is 1.22. The van der Waals surface area contributed by atoms with Gasteiger partial charge in [0, 0.05) is 6.61 Å². The van der Waals surface area contributed by atoms with Crippen LogP contribution in [0.5, 0.6) is 0 Å². The molecule has 72 valence electrons. The van der Waals surface area contributed by atoms with E-state index in [1.54, 1.807) is 0 Å². The van der Waals surface area contributed by atoms with Crippen LogP contribution >= 0.6 is 0 Å². The van der Waals surface area contributed by atoms with Crippen molar-refractivity contribution < 1.29 is 5.11 Å². The lowest BCUT2D eigenvalue weighted by atomic mass is 9.83. The van der Waals surface area contributed by atoms with Crippen LogP contribution in [0, 0.1) is 22.7 Å². The minimum Gasteiger partial charge on any atom is -0.396 e. The second kappa shape index (κ2) is 2.73. The SMILES string of the molecule is CCC(C)C1(C)C(CO)C1(C)C. The average molecular weight is 170 g/mol. The highest BCUT2D eigenvalue weighted by Gasteiger charge is 2.68. The largest absolute Gasteiger partial charge is 0.396 e. The molecule has 0 aromatic heterocycles. The Morgan fingerprint density at radius 2 is 1.83 bits per heavy atom. The molecule has 0 bridgehead atoms. The molecule has 0 aliphatic heterocycles. The number of aliphatic hydroxyl groups is 1. The zero-order chi connectivity index (χ0) is 9.57. The van der Waals surface area contributed by atoms with E-state index in [1.807, 2.05) is 0 Å². The van der Waals surface area contributed by atoms with E-state index in [1.165, 1.54) is 6.42 Å². The fraction of sp³-hybridized carbons (Fsp3) is 1.00. The van der Waals surface area contributed by atoms with Crippen molar-refractivity contribution in [2.24, 2.45) is 22.7 Å². The Labute approximate surface area is 76.2 Å². The van der Waals surface area contributed by atoms with Gasteiger partial charge >= 0.3 is 0 Å². The molecule has 1 aliphatic rings. The fourth-order valence-corrected chi connectivity index (χ4v) is 2.96. The zero-order valence-corrected chi connectivity index (χ0v) is 9.02. The smallest absolute Gasteiger partial charge is 0.0470 e. The Hall–Kier alpha value is -0.0400. The molecule has 0 radical (unpaired) electrons. The summed E-state index contributed by atoms with van der Waals surface area (Å²) in [7, 11) is 0. The molecule has 1 heteroatoms. The number of hydrogen-bond acceptors (Lipinski definition) is 1. The molecule has 12 heavy (non-hydrogen) atoms. The van der Waals surface area contributed by atoms with Gasteiger partial charge in [0.25, 0.3) is 0 Å². The van der Waals surface area contributed by atoms with Gasteiger partial charge in [0.05, 0.1) is 0 Å². The lowest BCUT2D eigenvalue weighted by Crippen LogP contribution is -2.15. The van der Waals surface area contributed by atoms with Gasteiger partial charge < -0.3 is 5.11 Å². The monoisotopic (exact) mass is 170 g/mol. The van der Waals surface area contributed by atoms with Gasteiger partial charge in [-0.25, -0.2) is 0 Å². The Morgan fingerprint density at radius 3 is 2.08 bits per heavy atom. The van der Waals surface area contributed by atoms with Crippen molar-refractivity contribution in [3.63, 3.8) is 0 Å². The summed E-state index contributed by atoms with van der Waals surface area (Å²) in [6, 6.07) is 0. The van der Waals surface area contributed by atoms with E-state index in [-0.39, 0.29) is 0 Å². The number of rotatable bonds is 3. The molecule has 0 aromatic rings. The van der Waals surface area contributed by atoms with E-state index < -0.39 is 0 Å². The topological polar surface area (TPSA) is 20.2 Å². The minimum atomic E-state index is 0.344. The summed E-state index contributed by atoms with van der Waals surface area (Å²) < 4.78 is 0. The van der Waals surface area contributed by atoms with Crippen LogP contribution in [0.1, 0.15) is 41.0 Å². The second-order valence-corrected chi connectivity index (χ2v) is 5.05. The van der Waals surface area contributed by atoms with Crippen LogP contribution in [0.3, 0.4) is 0 Å². The van der Waals surface area contributed by atoms with Crippen molar-refractivity contribution in [3.05, 3.63) is 0 Å². The van der Waals surface area contributed by atoms with Crippen molar-refractivity contribution >= 4 is 0 Å². The van der Waals surface area contributed by atoms with Crippen LogP contribution in [0.25, 0.3) is 0 Å². The number of hydrogen-bond donors (Lipinski definition) is 1. The standard InChI is InChI=1S/C11H22O/c1-6-8(2)11(5)9(7-12)10(11,3)4/h8-9,12H,6-7H2,1-5H3.